The molecule has 0 radical (unpaired) electrons. The van der Waals surface area contributed by atoms with Gasteiger partial charge >= 0.3 is 0 Å². The fraction of sp³-hybridized carbons (Fsp3) is 0.619. The maximum absolute atomic E-state index is 13.0. The van der Waals surface area contributed by atoms with E-state index in [0.717, 1.165) is 37.8 Å². The van der Waals surface area contributed by atoms with Gasteiger partial charge in [0.15, 0.2) is 0 Å². The normalized spacial score (nSPS) is 19.9. The van der Waals surface area contributed by atoms with Crippen molar-refractivity contribution in [3.05, 3.63) is 29.7 Å². The summed E-state index contributed by atoms with van der Waals surface area (Å²) in [7, 11) is 1.83. The highest BCUT2D eigenvalue weighted by atomic mass is 16.5. The SMILES string of the molecule is CCCc1cc(C(=O)N2CCC(n3nccc3NC(=O)[C@H]3CCOC3)CC2)n(C)n1. The highest BCUT2D eigenvalue weighted by Gasteiger charge is 2.29. The number of nitrogens with one attached hydrogen (secondary N) is 1. The Bertz CT molecular complexity index is 890. The van der Waals surface area contributed by atoms with Crippen LogP contribution in [0.2, 0.25) is 0 Å². The van der Waals surface area contributed by atoms with Gasteiger partial charge in [-0.05, 0) is 31.7 Å². The van der Waals surface area contributed by atoms with E-state index in [-0.39, 0.29) is 23.8 Å². The average Bonchev–Trinajstić information content (AvgIpc) is 3.49. The molecule has 30 heavy (non-hydrogen) atoms. The van der Waals surface area contributed by atoms with Crippen LogP contribution in [0.1, 0.15) is 54.8 Å². The van der Waals surface area contributed by atoms with Gasteiger partial charge in [-0.25, -0.2) is 4.68 Å². The van der Waals surface area contributed by atoms with Crippen LogP contribution in [-0.2, 0) is 23.0 Å². The van der Waals surface area contributed by atoms with E-state index in [1.807, 2.05) is 28.8 Å². The Balaban J connectivity index is 1.36. The van der Waals surface area contributed by atoms with E-state index in [0.29, 0.717) is 37.8 Å². The minimum Gasteiger partial charge on any atom is -0.381 e. The molecule has 2 aliphatic rings. The van der Waals surface area contributed by atoms with Crippen molar-refractivity contribution in [2.24, 2.45) is 13.0 Å². The standard InChI is InChI=1S/C21H30N6O3/c1-3-4-16-13-18(25(2)24-16)21(29)26-10-6-17(7-11-26)27-19(5-9-22-27)23-20(28)15-8-12-30-14-15/h5,9,13,15,17H,3-4,6-8,10-12,14H2,1-2H3,(H,23,28)/t15-/m0/s1. The quantitative estimate of drug-likeness (QED) is 0.780. The van der Waals surface area contributed by atoms with E-state index in [1.165, 1.54) is 0 Å². The molecular weight excluding hydrogens is 384 g/mol. The van der Waals surface area contributed by atoms with Crippen LogP contribution < -0.4 is 5.32 Å². The molecule has 2 aliphatic heterocycles. The van der Waals surface area contributed by atoms with E-state index in [2.05, 4.69) is 22.4 Å². The molecule has 4 rings (SSSR count). The molecular formula is C21H30N6O3. The lowest BCUT2D eigenvalue weighted by Gasteiger charge is -2.32. The predicted octanol–water partition coefficient (Wildman–Crippen LogP) is 2.02. The molecule has 1 atom stereocenters. The Labute approximate surface area is 176 Å². The van der Waals surface area contributed by atoms with Crippen molar-refractivity contribution in [3.8, 4) is 0 Å². The second kappa shape index (κ2) is 8.99. The summed E-state index contributed by atoms with van der Waals surface area (Å²) in [5.74, 6) is 0.638. The number of hydrogen-bond donors (Lipinski definition) is 1. The smallest absolute Gasteiger partial charge is 0.272 e. The van der Waals surface area contributed by atoms with Crippen LogP contribution in [0.15, 0.2) is 18.3 Å². The topological polar surface area (TPSA) is 94.3 Å². The van der Waals surface area contributed by atoms with E-state index in [4.69, 9.17) is 4.74 Å². The van der Waals surface area contributed by atoms with Crippen molar-refractivity contribution in [1.29, 1.82) is 0 Å². The summed E-state index contributed by atoms with van der Waals surface area (Å²) < 4.78 is 8.89. The van der Waals surface area contributed by atoms with Gasteiger partial charge in [-0.1, -0.05) is 13.3 Å². The first-order valence-corrected chi connectivity index (χ1v) is 10.8. The minimum atomic E-state index is -0.0932. The molecule has 2 aromatic rings. The zero-order valence-corrected chi connectivity index (χ0v) is 17.7. The summed E-state index contributed by atoms with van der Waals surface area (Å²) in [5, 5.41) is 11.9. The Kier molecular flexibility index (Phi) is 6.17. The van der Waals surface area contributed by atoms with E-state index >= 15 is 0 Å². The summed E-state index contributed by atoms with van der Waals surface area (Å²) in [6, 6.07) is 3.89. The molecule has 0 saturated carbocycles. The fourth-order valence-corrected chi connectivity index (χ4v) is 4.25. The van der Waals surface area contributed by atoms with Gasteiger partial charge in [0.25, 0.3) is 5.91 Å². The molecule has 0 spiro atoms. The lowest BCUT2D eigenvalue weighted by molar-refractivity contribution is -0.119. The fourth-order valence-electron chi connectivity index (χ4n) is 4.25. The number of carbonyl (C=O) groups excluding carboxylic acids is 2. The van der Waals surface area contributed by atoms with Gasteiger partial charge in [0, 0.05) is 32.8 Å². The maximum atomic E-state index is 13.0. The maximum Gasteiger partial charge on any atom is 0.272 e. The number of likely N-dealkylation sites (tertiary alicyclic amines) is 1. The van der Waals surface area contributed by atoms with Crippen LogP contribution in [0.25, 0.3) is 0 Å². The summed E-state index contributed by atoms with van der Waals surface area (Å²) in [6.45, 7) is 4.53. The third-order valence-corrected chi connectivity index (χ3v) is 5.98. The number of aromatic nitrogens is 4. The number of ether oxygens (including phenoxy) is 1. The molecule has 1 N–H and O–H groups in total. The predicted molar refractivity (Wildman–Crippen MR) is 111 cm³/mol. The number of anilines is 1. The Morgan fingerprint density at radius 3 is 2.77 bits per heavy atom. The monoisotopic (exact) mass is 414 g/mol. The van der Waals surface area contributed by atoms with Crippen LogP contribution in [0.5, 0.6) is 0 Å². The lowest BCUT2D eigenvalue weighted by atomic mass is 10.0. The number of aryl methyl sites for hydroxylation is 2. The van der Waals surface area contributed by atoms with Crippen LogP contribution in [0.3, 0.4) is 0 Å². The molecule has 2 aromatic heterocycles. The molecule has 0 aromatic carbocycles. The van der Waals surface area contributed by atoms with Crippen molar-refractivity contribution in [1.82, 2.24) is 24.5 Å². The zero-order valence-electron chi connectivity index (χ0n) is 17.7. The lowest BCUT2D eigenvalue weighted by Crippen LogP contribution is -2.40. The number of piperidine rings is 1. The van der Waals surface area contributed by atoms with Crippen LogP contribution in [-0.4, -0.2) is 62.6 Å². The van der Waals surface area contributed by atoms with Gasteiger partial charge in [-0.15, -0.1) is 0 Å². The van der Waals surface area contributed by atoms with E-state index in [1.54, 1.807) is 10.9 Å². The van der Waals surface area contributed by atoms with Crippen molar-refractivity contribution < 1.29 is 14.3 Å². The third kappa shape index (κ3) is 4.26. The molecule has 4 heterocycles. The molecule has 0 bridgehead atoms. The van der Waals surface area contributed by atoms with Crippen molar-refractivity contribution in [2.75, 3.05) is 31.6 Å². The van der Waals surface area contributed by atoms with E-state index < -0.39 is 0 Å². The van der Waals surface area contributed by atoms with E-state index in [9.17, 15) is 9.59 Å². The van der Waals surface area contributed by atoms with Crippen molar-refractivity contribution in [2.45, 2.75) is 45.1 Å². The average molecular weight is 415 g/mol. The minimum absolute atomic E-state index is 0.0130. The number of carbonyl (C=O) groups is 2. The van der Waals surface area contributed by atoms with Gasteiger partial charge in [0.2, 0.25) is 5.91 Å². The largest absolute Gasteiger partial charge is 0.381 e. The van der Waals surface area contributed by atoms with Crippen molar-refractivity contribution >= 4 is 17.6 Å². The van der Waals surface area contributed by atoms with Gasteiger partial charge in [-0.3, -0.25) is 14.3 Å². The van der Waals surface area contributed by atoms with Gasteiger partial charge in [-0.2, -0.15) is 10.2 Å². The van der Waals surface area contributed by atoms with Crippen molar-refractivity contribution in [3.63, 3.8) is 0 Å². The number of rotatable bonds is 6. The zero-order chi connectivity index (χ0) is 21.1. The second-order valence-corrected chi connectivity index (χ2v) is 8.13. The summed E-state index contributed by atoms with van der Waals surface area (Å²) in [5.41, 5.74) is 1.60. The van der Waals surface area contributed by atoms with Crippen LogP contribution >= 0.6 is 0 Å². The molecule has 2 fully saturated rings. The Hall–Kier alpha value is -2.68. The molecule has 0 aliphatic carbocycles. The van der Waals surface area contributed by atoms with Gasteiger partial charge in [0.1, 0.15) is 11.5 Å². The van der Waals surface area contributed by atoms with Gasteiger partial charge < -0.3 is 15.0 Å². The highest BCUT2D eigenvalue weighted by Crippen LogP contribution is 2.27. The molecule has 9 nitrogen and oxygen atoms in total. The molecule has 9 heteroatoms. The first-order valence-electron chi connectivity index (χ1n) is 10.8. The summed E-state index contributed by atoms with van der Waals surface area (Å²) in [6.07, 6.45) is 5.94. The molecule has 2 saturated heterocycles. The highest BCUT2D eigenvalue weighted by molar-refractivity contribution is 5.93. The number of amides is 2. The third-order valence-electron chi connectivity index (χ3n) is 5.98. The summed E-state index contributed by atoms with van der Waals surface area (Å²) in [4.78, 5) is 27.3. The first-order chi connectivity index (χ1) is 14.6. The van der Waals surface area contributed by atoms with Crippen LogP contribution in [0, 0.1) is 5.92 Å². The molecule has 162 valence electrons. The second-order valence-electron chi connectivity index (χ2n) is 8.13. The number of hydrogen-bond acceptors (Lipinski definition) is 5. The number of nitrogens with zero attached hydrogens (tertiary/aromatic N) is 5. The molecule has 2 amide bonds. The Morgan fingerprint density at radius 2 is 2.07 bits per heavy atom. The summed E-state index contributed by atoms with van der Waals surface area (Å²) >= 11 is 0. The van der Waals surface area contributed by atoms with Gasteiger partial charge in [0.05, 0.1) is 30.5 Å². The molecule has 0 unspecified atom stereocenters. The Morgan fingerprint density at radius 1 is 1.27 bits per heavy atom. The van der Waals surface area contributed by atoms with Crippen LogP contribution in [0.4, 0.5) is 5.82 Å². The first kappa shape index (κ1) is 20.6.